The van der Waals surface area contributed by atoms with Gasteiger partial charge in [-0.1, -0.05) is 0 Å². The Morgan fingerprint density at radius 1 is 1.23 bits per heavy atom. The summed E-state index contributed by atoms with van der Waals surface area (Å²) in [5.74, 6) is 0. The number of halogens is 1. The lowest BCUT2D eigenvalue weighted by Crippen LogP contribution is -1.84. The van der Waals surface area contributed by atoms with E-state index in [1.54, 1.807) is 18.6 Å². The molecule has 0 saturated heterocycles. The molecule has 2 aromatic heterocycles. The average molecular weight is 258 g/mol. The van der Waals surface area contributed by atoms with Gasteiger partial charge >= 0.3 is 0 Å². The van der Waals surface area contributed by atoms with Crippen molar-refractivity contribution in [3.05, 3.63) is 29.3 Å². The number of hydrogen-bond acceptors (Lipinski definition) is 5. The van der Waals surface area contributed by atoms with Crippen molar-refractivity contribution >= 4 is 27.7 Å². The van der Waals surface area contributed by atoms with E-state index in [-0.39, 0.29) is 0 Å². The summed E-state index contributed by atoms with van der Waals surface area (Å²) >= 11 is 4.53. The zero-order valence-electron chi connectivity index (χ0n) is 6.35. The van der Waals surface area contributed by atoms with Crippen LogP contribution in [0.5, 0.6) is 0 Å². The Bertz CT molecular complexity index is 375. The normalized spacial score (nSPS) is 10.2. The van der Waals surface area contributed by atoms with Gasteiger partial charge in [0.1, 0.15) is 6.26 Å². The highest BCUT2D eigenvalue weighted by Crippen LogP contribution is 2.22. The number of oxazole rings is 1. The van der Waals surface area contributed by atoms with E-state index in [9.17, 15) is 0 Å². The van der Waals surface area contributed by atoms with E-state index < -0.39 is 0 Å². The summed E-state index contributed by atoms with van der Waals surface area (Å²) in [4.78, 5) is 12.1. The quantitative estimate of drug-likeness (QED) is 0.774. The van der Waals surface area contributed by atoms with Gasteiger partial charge in [0.2, 0.25) is 0 Å². The molecule has 2 aromatic rings. The molecule has 2 rings (SSSR count). The second-order valence-electron chi connectivity index (χ2n) is 2.08. The summed E-state index contributed by atoms with van der Waals surface area (Å²) in [6, 6.07) is 0. The van der Waals surface area contributed by atoms with Gasteiger partial charge in [0.25, 0.3) is 5.22 Å². The average Bonchev–Trinajstić information content (AvgIpc) is 2.62. The molecule has 0 amide bonds. The molecule has 0 N–H and O–H groups in total. The highest BCUT2D eigenvalue weighted by atomic mass is 79.9. The molecule has 0 unspecified atom stereocenters. The summed E-state index contributed by atoms with van der Waals surface area (Å²) in [6.07, 6.45) is 6.46. The van der Waals surface area contributed by atoms with Gasteiger partial charge in [0, 0.05) is 24.2 Å². The Morgan fingerprint density at radius 3 is 2.62 bits per heavy atom. The molecule has 6 heteroatoms. The summed E-state index contributed by atoms with van der Waals surface area (Å²) < 4.78 is 5.88. The van der Waals surface area contributed by atoms with E-state index in [1.165, 1.54) is 18.0 Å². The standard InChI is InChI=1S/C7H4BrN3OS/c8-5-3-10-6(11-4-5)13-7-9-1-2-12-7/h1-4H. The molecule has 0 aromatic carbocycles. The third kappa shape index (κ3) is 2.28. The van der Waals surface area contributed by atoms with E-state index in [0.717, 1.165) is 4.47 Å². The van der Waals surface area contributed by atoms with E-state index >= 15 is 0 Å². The topological polar surface area (TPSA) is 51.8 Å². The van der Waals surface area contributed by atoms with Crippen LogP contribution in [0.15, 0.2) is 44.1 Å². The van der Waals surface area contributed by atoms with Crippen LogP contribution >= 0.6 is 27.7 Å². The van der Waals surface area contributed by atoms with Gasteiger partial charge in [-0.25, -0.2) is 15.0 Å². The first-order valence-corrected chi connectivity index (χ1v) is 5.00. The van der Waals surface area contributed by atoms with Gasteiger partial charge in [-0.2, -0.15) is 0 Å². The van der Waals surface area contributed by atoms with Crippen LogP contribution in [0.4, 0.5) is 0 Å². The third-order valence-corrected chi connectivity index (χ3v) is 2.36. The Balaban J connectivity index is 2.15. The van der Waals surface area contributed by atoms with Crippen molar-refractivity contribution in [2.24, 2.45) is 0 Å². The smallest absolute Gasteiger partial charge is 0.263 e. The molecule has 0 fully saturated rings. The van der Waals surface area contributed by atoms with Crippen molar-refractivity contribution in [3.63, 3.8) is 0 Å². The zero-order chi connectivity index (χ0) is 9.10. The van der Waals surface area contributed by atoms with Crippen molar-refractivity contribution in [2.45, 2.75) is 10.4 Å². The lowest BCUT2D eigenvalue weighted by molar-refractivity contribution is 0.453. The van der Waals surface area contributed by atoms with Gasteiger partial charge in [-0.15, -0.1) is 0 Å². The fraction of sp³-hybridized carbons (Fsp3) is 0. The van der Waals surface area contributed by atoms with Crippen LogP contribution in [0.1, 0.15) is 0 Å². The first kappa shape index (κ1) is 8.71. The minimum Gasteiger partial charge on any atom is -0.440 e. The Morgan fingerprint density at radius 2 is 2.00 bits per heavy atom. The van der Waals surface area contributed by atoms with Crippen LogP contribution in [0.3, 0.4) is 0 Å². The van der Waals surface area contributed by atoms with Crippen molar-refractivity contribution in [1.29, 1.82) is 0 Å². The van der Waals surface area contributed by atoms with E-state index in [4.69, 9.17) is 4.42 Å². The van der Waals surface area contributed by atoms with Crippen molar-refractivity contribution < 1.29 is 4.42 Å². The summed E-state index contributed by atoms with van der Waals surface area (Å²) in [5.41, 5.74) is 0. The molecule has 0 bridgehead atoms. The highest BCUT2D eigenvalue weighted by Gasteiger charge is 2.03. The molecule has 4 nitrogen and oxygen atoms in total. The minimum absolute atomic E-state index is 0.544. The molecule has 0 saturated carbocycles. The summed E-state index contributed by atoms with van der Waals surface area (Å²) in [6.45, 7) is 0. The maximum absolute atomic E-state index is 5.03. The fourth-order valence-corrected chi connectivity index (χ4v) is 1.48. The molecule has 0 radical (unpaired) electrons. The van der Waals surface area contributed by atoms with Crippen LogP contribution in [-0.2, 0) is 0 Å². The van der Waals surface area contributed by atoms with E-state index in [0.29, 0.717) is 10.4 Å². The molecule has 0 aliphatic heterocycles. The lowest BCUT2D eigenvalue weighted by Gasteiger charge is -1.93. The molecule has 13 heavy (non-hydrogen) atoms. The zero-order valence-corrected chi connectivity index (χ0v) is 8.75. The Kier molecular flexibility index (Phi) is 2.60. The van der Waals surface area contributed by atoms with Gasteiger partial charge in [-0.3, -0.25) is 0 Å². The highest BCUT2D eigenvalue weighted by molar-refractivity contribution is 9.10. The largest absolute Gasteiger partial charge is 0.440 e. The van der Waals surface area contributed by atoms with Crippen molar-refractivity contribution in [3.8, 4) is 0 Å². The van der Waals surface area contributed by atoms with Gasteiger partial charge < -0.3 is 4.42 Å². The second kappa shape index (κ2) is 3.89. The van der Waals surface area contributed by atoms with Gasteiger partial charge in [-0.05, 0) is 15.9 Å². The molecule has 0 aliphatic carbocycles. The maximum atomic E-state index is 5.03. The number of aromatic nitrogens is 3. The molecular weight excluding hydrogens is 254 g/mol. The number of hydrogen-bond donors (Lipinski definition) is 0. The van der Waals surface area contributed by atoms with Gasteiger partial charge in [0.15, 0.2) is 5.16 Å². The first-order chi connectivity index (χ1) is 6.34. The first-order valence-electron chi connectivity index (χ1n) is 3.39. The minimum atomic E-state index is 0.544. The van der Waals surface area contributed by atoms with Crippen molar-refractivity contribution in [1.82, 2.24) is 15.0 Å². The van der Waals surface area contributed by atoms with E-state index in [1.807, 2.05) is 0 Å². The number of nitrogens with zero attached hydrogens (tertiary/aromatic N) is 3. The van der Waals surface area contributed by atoms with E-state index in [2.05, 4.69) is 30.9 Å². The fourth-order valence-electron chi connectivity index (χ4n) is 0.692. The molecule has 0 atom stereocenters. The van der Waals surface area contributed by atoms with Crippen LogP contribution < -0.4 is 0 Å². The van der Waals surface area contributed by atoms with Crippen molar-refractivity contribution in [2.75, 3.05) is 0 Å². The predicted molar refractivity (Wildman–Crippen MR) is 50.4 cm³/mol. The van der Waals surface area contributed by atoms with Gasteiger partial charge in [0.05, 0.1) is 10.7 Å². The SMILES string of the molecule is Brc1cnc(Sc2ncco2)nc1. The van der Waals surface area contributed by atoms with Crippen LogP contribution in [-0.4, -0.2) is 15.0 Å². The van der Waals surface area contributed by atoms with Crippen LogP contribution in [0, 0.1) is 0 Å². The number of rotatable bonds is 2. The summed E-state index contributed by atoms with van der Waals surface area (Å²) in [7, 11) is 0. The molecular formula is C7H4BrN3OS. The lowest BCUT2D eigenvalue weighted by atomic mass is 10.7. The molecule has 0 aliphatic rings. The summed E-state index contributed by atoms with van der Waals surface area (Å²) in [5, 5.41) is 1.16. The maximum Gasteiger partial charge on any atom is 0.263 e. The van der Waals surface area contributed by atoms with Crippen LogP contribution in [0.25, 0.3) is 0 Å². The Labute approximate surface area is 86.9 Å². The molecule has 2 heterocycles. The third-order valence-electron chi connectivity index (χ3n) is 1.18. The molecule has 66 valence electrons. The second-order valence-corrected chi connectivity index (χ2v) is 3.92. The van der Waals surface area contributed by atoms with Crippen LogP contribution in [0.2, 0.25) is 0 Å². The molecule has 0 spiro atoms. The monoisotopic (exact) mass is 257 g/mol. The predicted octanol–water partition coefficient (Wildman–Crippen LogP) is 2.38. The Hall–Kier alpha value is -0.880.